The summed E-state index contributed by atoms with van der Waals surface area (Å²) in [5, 5.41) is 8.64. The molecule has 2 aromatic rings. The number of piperazine rings is 1. The van der Waals surface area contributed by atoms with Gasteiger partial charge in [-0.1, -0.05) is 0 Å². The molecule has 2 aromatic heterocycles. The molecular weight excluding hydrogens is 330 g/mol. The molecule has 2 saturated heterocycles. The van der Waals surface area contributed by atoms with Gasteiger partial charge in [0.2, 0.25) is 5.91 Å². The maximum Gasteiger partial charge on any atom is 0.227 e. The number of carbonyl (C=O) groups excluding carboxylic acids is 1. The van der Waals surface area contributed by atoms with E-state index in [1.54, 1.807) is 6.26 Å². The number of hydrogen-bond donors (Lipinski definition) is 0. The molecule has 0 bridgehead atoms. The van der Waals surface area contributed by atoms with E-state index in [4.69, 9.17) is 4.42 Å². The van der Waals surface area contributed by atoms with Crippen LogP contribution in [0.2, 0.25) is 0 Å². The first-order valence-corrected chi connectivity index (χ1v) is 9.30. The van der Waals surface area contributed by atoms with Gasteiger partial charge >= 0.3 is 0 Å². The Hall–Kier alpha value is -2.41. The Balaban J connectivity index is 1.41. The van der Waals surface area contributed by atoms with Crippen molar-refractivity contribution in [2.75, 3.05) is 51.2 Å². The molecule has 2 aliphatic heterocycles. The normalized spacial score (nSPS) is 21.8. The average molecular weight is 355 g/mol. The van der Waals surface area contributed by atoms with Crippen LogP contribution in [0.5, 0.6) is 0 Å². The zero-order valence-corrected chi connectivity index (χ0v) is 15.2. The van der Waals surface area contributed by atoms with Crippen LogP contribution in [-0.2, 0) is 4.79 Å². The number of nitrogens with zero attached hydrogens (tertiary/aromatic N) is 5. The zero-order chi connectivity index (χ0) is 17.9. The third-order valence-electron chi connectivity index (χ3n) is 5.33. The highest BCUT2D eigenvalue weighted by Crippen LogP contribution is 2.25. The highest BCUT2D eigenvalue weighted by molar-refractivity contribution is 5.80. The average Bonchev–Trinajstić information content (AvgIpc) is 3.23. The summed E-state index contributed by atoms with van der Waals surface area (Å²) in [6.07, 6.45) is 3.59. The second-order valence-corrected chi connectivity index (χ2v) is 7.17. The molecule has 0 saturated carbocycles. The van der Waals surface area contributed by atoms with Crippen LogP contribution < -0.4 is 4.90 Å². The molecule has 0 N–H and O–H groups in total. The maximum absolute atomic E-state index is 12.9. The quantitative estimate of drug-likeness (QED) is 0.835. The molecule has 4 rings (SSSR count). The molecule has 0 aromatic carbocycles. The number of rotatable bonds is 3. The number of piperidine rings is 1. The number of likely N-dealkylation sites (N-methyl/N-ethyl adjacent to an activating group) is 1. The van der Waals surface area contributed by atoms with Crippen molar-refractivity contribution in [1.29, 1.82) is 0 Å². The fourth-order valence-corrected chi connectivity index (χ4v) is 3.72. The van der Waals surface area contributed by atoms with Gasteiger partial charge in [0.15, 0.2) is 11.6 Å². The molecule has 26 heavy (non-hydrogen) atoms. The molecule has 2 aliphatic rings. The lowest BCUT2D eigenvalue weighted by atomic mass is 9.96. The van der Waals surface area contributed by atoms with Crippen molar-refractivity contribution in [3.8, 4) is 11.5 Å². The van der Waals surface area contributed by atoms with E-state index in [1.807, 2.05) is 29.2 Å². The van der Waals surface area contributed by atoms with E-state index in [1.165, 1.54) is 0 Å². The molecule has 0 aliphatic carbocycles. The fraction of sp³-hybridized carbons (Fsp3) is 0.526. The van der Waals surface area contributed by atoms with Gasteiger partial charge in [-0.15, -0.1) is 10.2 Å². The van der Waals surface area contributed by atoms with Crippen LogP contribution in [0.25, 0.3) is 11.5 Å². The Morgan fingerprint density at radius 2 is 1.96 bits per heavy atom. The number of aromatic nitrogens is 2. The zero-order valence-electron chi connectivity index (χ0n) is 15.2. The van der Waals surface area contributed by atoms with Gasteiger partial charge in [0.1, 0.15) is 5.69 Å². The summed E-state index contributed by atoms with van der Waals surface area (Å²) >= 11 is 0. The van der Waals surface area contributed by atoms with Crippen molar-refractivity contribution >= 4 is 11.7 Å². The first kappa shape index (κ1) is 17.0. The minimum Gasteiger partial charge on any atom is -0.463 e. The first-order valence-electron chi connectivity index (χ1n) is 9.30. The SMILES string of the molecule is CN1CCN(C(=O)C2CCCN(c3ccc(-c4ccco4)nn3)C2)CC1. The molecule has 7 heteroatoms. The van der Waals surface area contributed by atoms with Gasteiger partial charge < -0.3 is 19.1 Å². The van der Waals surface area contributed by atoms with E-state index < -0.39 is 0 Å². The number of hydrogen-bond acceptors (Lipinski definition) is 6. The van der Waals surface area contributed by atoms with E-state index in [9.17, 15) is 4.79 Å². The molecule has 1 unspecified atom stereocenters. The Morgan fingerprint density at radius 1 is 1.12 bits per heavy atom. The van der Waals surface area contributed by atoms with Crippen LogP contribution >= 0.6 is 0 Å². The molecule has 1 atom stereocenters. The molecular formula is C19H25N5O2. The summed E-state index contributed by atoms with van der Waals surface area (Å²) in [5.41, 5.74) is 0.723. The third kappa shape index (κ3) is 3.58. The van der Waals surface area contributed by atoms with Crippen molar-refractivity contribution in [2.45, 2.75) is 12.8 Å². The summed E-state index contributed by atoms with van der Waals surface area (Å²) in [6.45, 7) is 5.23. The van der Waals surface area contributed by atoms with E-state index in [0.717, 1.165) is 63.6 Å². The Kier molecular flexibility index (Phi) is 4.88. The predicted molar refractivity (Wildman–Crippen MR) is 98.7 cm³/mol. The van der Waals surface area contributed by atoms with Crippen molar-refractivity contribution in [3.05, 3.63) is 30.5 Å². The molecule has 2 fully saturated rings. The number of furan rings is 1. The van der Waals surface area contributed by atoms with Crippen LogP contribution in [0.15, 0.2) is 34.9 Å². The third-order valence-corrected chi connectivity index (χ3v) is 5.33. The van der Waals surface area contributed by atoms with Gasteiger partial charge in [0.25, 0.3) is 0 Å². The van der Waals surface area contributed by atoms with Gasteiger partial charge in [-0.3, -0.25) is 4.79 Å². The van der Waals surface area contributed by atoms with Crippen molar-refractivity contribution in [1.82, 2.24) is 20.0 Å². The smallest absolute Gasteiger partial charge is 0.227 e. The number of amides is 1. The lowest BCUT2D eigenvalue weighted by Gasteiger charge is -2.38. The molecule has 138 valence electrons. The summed E-state index contributed by atoms with van der Waals surface area (Å²) in [7, 11) is 2.11. The molecule has 7 nitrogen and oxygen atoms in total. The maximum atomic E-state index is 12.9. The summed E-state index contributed by atoms with van der Waals surface area (Å²) in [4.78, 5) is 19.4. The highest BCUT2D eigenvalue weighted by Gasteiger charge is 2.31. The monoisotopic (exact) mass is 355 g/mol. The number of anilines is 1. The minimum absolute atomic E-state index is 0.0544. The van der Waals surface area contributed by atoms with Crippen molar-refractivity contribution in [3.63, 3.8) is 0 Å². The van der Waals surface area contributed by atoms with Crippen LogP contribution in [0.1, 0.15) is 12.8 Å². The van der Waals surface area contributed by atoms with E-state index in [0.29, 0.717) is 11.7 Å². The minimum atomic E-state index is 0.0544. The van der Waals surface area contributed by atoms with Crippen molar-refractivity contribution in [2.24, 2.45) is 5.92 Å². The molecule has 4 heterocycles. The first-order chi connectivity index (χ1) is 12.7. The van der Waals surface area contributed by atoms with Crippen LogP contribution in [-0.4, -0.2) is 72.2 Å². The van der Waals surface area contributed by atoms with Gasteiger partial charge in [-0.25, -0.2) is 0 Å². The highest BCUT2D eigenvalue weighted by atomic mass is 16.3. The predicted octanol–water partition coefficient (Wildman–Crippen LogP) is 1.73. The molecule has 0 spiro atoms. The lowest BCUT2D eigenvalue weighted by molar-refractivity contribution is -0.137. The fourth-order valence-electron chi connectivity index (χ4n) is 3.72. The lowest BCUT2D eigenvalue weighted by Crippen LogP contribution is -2.51. The summed E-state index contributed by atoms with van der Waals surface area (Å²) in [6, 6.07) is 7.60. The second kappa shape index (κ2) is 7.45. The Labute approximate surface area is 153 Å². The molecule has 1 amide bonds. The summed E-state index contributed by atoms with van der Waals surface area (Å²) in [5.74, 6) is 1.89. The Morgan fingerprint density at radius 3 is 2.65 bits per heavy atom. The summed E-state index contributed by atoms with van der Waals surface area (Å²) < 4.78 is 5.36. The van der Waals surface area contributed by atoms with Crippen LogP contribution in [0, 0.1) is 5.92 Å². The van der Waals surface area contributed by atoms with E-state index >= 15 is 0 Å². The Bertz CT molecular complexity index is 723. The van der Waals surface area contributed by atoms with E-state index in [2.05, 4.69) is 27.0 Å². The van der Waals surface area contributed by atoms with Crippen molar-refractivity contribution < 1.29 is 9.21 Å². The van der Waals surface area contributed by atoms with Gasteiger partial charge in [0, 0.05) is 39.3 Å². The van der Waals surface area contributed by atoms with Gasteiger partial charge in [0.05, 0.1) is 12.2 Å². The largest absolute Gasteiger partial charge is 0.463 e. The second-order valence-electron chi connectivity index (χ2n) is 7.17. The topological polar surface area (TPSA) is 65.7 Å². The van der Waals surface area contributed by atoms with Gasteiger partial charge in [-0.2, -0.15) is 0 Å². The van der Waals surface area contributed by atoms with Crippen LogP contribution in [0.3, 0.4) is 0 Å². The van der Waals surface area contributed by atoms with Gasteiger partial charge in [-0.05, 0) is 44.2 Å². The molecule has 0 radical (unpaired) electrons. The van der Waals surface area contributed by atoms with E-state index in [-0.39, 0.29) is 5.92 Å². The number of carbonyl (C=O) groups is 1. The van der Waals surface area contributed by atoms with Crippen LogP contribution in [0.4, 0.5) is 5.82 Å². The standard InChI is InChI=1S/C19H25N5O2/c1-22-9-11-23(12-10-22)19(25)15-4-2-8-24(14-15)18-7-6-16(20-21-18)17-5-3-13-26-17/h3,5-7,13,15H,2,4,8-12,14H2,1H3.